The number of hydrogen-bond acceptors (Lipinski definition) is 5. The second-order valence-electron chi connectivity index (χ2n) is 6.90. The van der Waals surface area contributed by atoms with Crippen LogP contribution in [0, 0.1) is 15.5 Å². The predicted molar refractivity (Wildman–Crippen MR) is 92.0 cm³/mol. The number of hydrogen-bond donors (Lipinski definition) is 0. The van der Waals surface area contributed by atoms with Crippen LogP contribution in [-0.2, 0) is 16.0 Å². The first-order valence-electron chi connectivity index (χ1n) is 8.44. The minimum absolute atomic E-state index is 0.0715. The number of ketones is 2. The van der Waals surface area contributed by atoms with Gasteiger partial charge in [-0.1, -0.05) is 12.1 Å². The molecule has 2 aliphatic carbocycles. The highest BCUT2D eigenvalue weighted by Gasteiger charge is 2.44. The van der Waals surface area contributed by atoms with Gasteiger partial charge < -0.3 is 4.74 Å². The highest BCUT2D eigenvalue weighted by Crippen LogP contribution is 2.39. The molecule has 0 spiro atoms. The maximum absolute atomic E-state index is 12.1. The third-order valence-corrected chi connectivity index (χ3v) is 5.46. The van der Waals surface area contributed by atoms with E-state index >= 15 is 0 Å². The molecule has 0 radical (unpaired) electrons. The maximum atomic E-state index is 12.1. The first-order chi connectivity index (χ1) is 11.9. The lowest BCUT2D eigenvalue weighted by molar-refractivity contribution is -0.507. The van der Waals surface area contributed by atoms with Gasteiger partial charge in [-0.2, -0.15) is 0 Å². The third-order valence-electron chi connectivity index (χ3n) is 5.46. The van der Waals surface area contributed by atoms with Crippen molar-refractivity contribution in [1.29, 1.82) is 0 Å². The van der Waals surface area contributed by atoms with Gasteiger partial charge in [0.15, 0.2) is 0 Å². The Bertz CT molecular complexity index is 764. The molecule has 6 heteroatoms. The quantitative estimate of drug-likeness (QED) is 0.476. The number of benzene rings is 1. The summed E-state index contributed by atoms with van der Waals surface area (Å²) in [7, 11) is 1.58. The average molecular weight is 343 g/mol. The van der Waals surface area contributed by atoms with Crippen LogP contribution < -0.4 is 4.74 Å². The lowest BCUT2D eigenvalue weighted by Crippen LogP contribution is -2.30. The minimum Gasteiger partial charge on any atom is -0.497 e. The van der Waals surface area contributed by atoms with Gasteiger partial charge in [0.2, 0.25) is 6.04 Å². The summed E-state index contributed by atoms with van der Waals surface area (Å²) in [5, 5.41) is 11.5. The van der Waals surface area contributed by atoms with E-state index in [2.05, 4.69) is 0 Å². The van der Waals surface area contributed by atoms with Gasteiger partial charge in [0, 0.05) is 29.8 Å². The maximum Gasteiger partial charge on any atom is 0.238 e. The molecule has 1 saturated carbocycles. The molecular formula is C19H21NO5. The Morgan fingerprint density at radius 1 is 1.28 bits per heavy atom. The Balaban J connectivity index is 2.00. The van der Waals surface area contributed by atoms with Crippen molar-refractivity contribution in [2.75, 3.05) is 7.11 Å². The zero-order valence-corrected chi connectivity index (χ0v) is 14.4. The summed E-state index contributed by atoms with van der Waals surface area (Å²) in [6.45, 7) is 1.65. The minimum atomic E-state index is -1.04. The fourth-order valence-corrected chi connectivity index (χ4v) is 3.75. The Labute approximate surface area is 146 Å². The molecule has 1 unspecified atom stereocenters. The second kappa shape index (κ2) is 6.43. The van der Waals surface area contributed by atoms with Crippen molar-refractivity contribution < 1.29 is 19.2 Å². The lowest BCUT2D eigenvalue weighted by atomic mass is 9.79. The summed E-state index contributed by atoms with van der Waals surface area (Å²) in [5.74, 6) is 0.571. The van der Waals surface area contributed by atoms with Crippen LogP contribution >= 0.6 is 0 Å². The third kappa shape index (κ3) is 2.97. The summed E-state index contributed by atoms with van der Waals surface area (Å²) in [6, 6.07) is 4.70. The fourth-order valence-electron chi connectivity index (χ4n) is 3.75. The van der Waals surface area contributed by atoms with Gasteiger partial charge in [0.1, 0.15) is 17.3 Å². The molecule has 1 fully saturated rings. The number of methoxy groups -OCH3 is 1. The molecule has 2 aliphatic rings. The molecule has 0 aromatic heterocycles. The van der Waals surface area contributed by atoms with E-state index in [0.29, 0.717) is 24.2 Å². The van der Waals surface area contributed by atoms with E-state index in [-0.39, 0.29) is 35.8 Å². The number of allylic oxidation sites excluding steroid dienone is 1. The monoisotopic (exact) mass is 343 g/mol. The van der Waals surface area contributed by atoms with Gasteiger partial charge in [-0.05, 0) is 43.0 Å². The summed E-state index contributed by atoms with van der Waals surface area (Å²) in [4.78, 5) is 35.5. The topological polar surface area (TPSA) is 86.5 Å². The van der Waals surface area contributed by atoms with Crippen molar-refractivity contribution >= 4 is 17.1 Å². The first-order valence-corrected chi connectivity index (χ1v) is 8.44. The van der Waals surface area contributed by atoms with Crippen molar-refractivity contribution in [3.8, 4) is 5.75 Å². The molecule has 0 bridgehead atoms. The van der Waals surface area contributed by atoms with Crippen LogP contribution in [0.25, 0.3) is 5.57 Å². The number of carbonyl (C=O) groups excluding carboxylic acids is 2. The molecule has 3 rings (SSSR count). The Hall–Kier alpha value is -2.50. The van der Waals surface area contributed by atoms with E-state index in [9.17, 15) is 19.7 Å². The number of nitrogens with zero attached hydrogens (tertiary/aromatic N) is 1. The van der Waals surface area contributed by atoms with Crippen LogP contribution in [0.5, 0.6) is 5.75 Å². The first kappa shape index (κ1) is 17.3. The van der Waals surface area contributed by atoms with Gasteiger partial charge in [0.25, 0.3) is 0 Å². The molecule has 1 aromatic carbocycles. The molecule has 1 atom stereocenters. The molecule has 0 N–H and O–H groups in total. The van der Waals surface area contributed by atoms with Crippen molar-refractivity contribution in [3.05, 3.63) is 45.5 Å². The van der Waals surface area contributed by atoms with E-state index in [4.69, 9.17) is 4.74 Å². The number of aryl methyl sites for hydroxylation is 1. The van der Waals surface area contributed by atoms with Gasteiger partial charge in [0.05, 0.1) is 12.5 Å². The predicted octanol–water partition coefficient (Wildman–Crippen LogP) is 3.00. The molecule has 0 amide bonds. The molecule has 0 saturated heterocycles. The van der Waals surface area contributed by atoms with Crippen molar-refractivity contribution in [2.24, 2.45) is 5.41 Å². The summed E-state index contributed by atoms with van der Waals surface area (Å²) < 4.78 is 5.23. The van der Waals surface area contributed by atoms with Crippen molar-refractivity contribution in [1.82, 2.24) is 0 Å². The van der Waals surface area contributed by atoms with Crippen LogP contribution in [0.3, 0.4) is 0 Å². The molecule has 25 heavy (non-hydrogen) atoms. The zero-order chi connectivity index (χ0) is 18.2. The van der Waals surface area contributed by atoms with Crippen LogP contribution in [0.2, 0.25) is 0 Å². The smallest absolute Gasteiger partial charge is 0.238 e. The largest absolute Gasteiger partial charge is 0.497 e. The van der Waals surface area contributed by atoms with E-state index in [1.807, 2.05) is 12.1 Å². The average Bonchev–Trinajstić information content (AvgIpc) is 2.86. The molecule has 6 nitrogen and oxygen atoms in total. The molecular weight excluding hydrogens is 322 g/mol. The number of carbonyl (C=O) groups is 2. The molecule has 0 aliphatic heterocycles. The van der Waals surface area contributed by atoms with Crippen LogP contribution in [0.4, 0.5) is 0 Å². The SMILES string of the molecule is COc1ccc2c(c1)CCC([N+](=O)[O-])/C2=C\CC1(C)C(=O)CCC1=O. The normalized spacial score (nSPS) is 23.6. The van der Waals surface area contributed by atoms with E-state index in [1.54, 1.807) is 26.2 Å². The van der Waals surface area contributed by atoms with Crippen LogP contribution in [0.1, 0.15) is 43.7 Å². The summed E-state index contributed by atoms with van der Waals surface area (Å²) in [6.07, 6.45) is 3.49. The van der Waals surface area contributed by atoms with Crippen LogP contribution in [0.15, 0.2) is 24.3 Å². The highest BCUT2D eigenvalue weighted by atomic mass is 16.6. The molecule has 1 aromatic rings. The van der Waals surface area contributed by atoms with Crippen molar-refractivity contribution in [3.63, 3.8) is 0 Å². The Morgan fingerprint density at radius 3 is 2.56 bits per heavy atom. The lowest BCUT2D eigenvalue weighted by Gasteiger charge is -2.25. The molecule has 0 heterocycles. The zero-order valence-electron chi connectivity index (χ0n) is 14.4. The van der Waals surface area contributed by atoms with Gasteiger partial charge in [-0.25, -0.2) is 0 Å². The van der Waals surface area contributed by atoms with E-state index in [0.717, 1.165) is 11.1 Å². The number of nitro groups is 1. The van der Waals surface area contributed by atoms with Crippen molar-refractivity contribution in [2.45, 2.75) is 45.1 Å². The summed E-state index contributed by atoms with van der Waals surface area (Å²) in [5.41, 5.74) is 1.37. The number of ether oxygens (including phenoxy) is 1. The number of Topliss-reactive ketones (excluding diaryl/α,β-unsaturated/α-hetero) is 2. The van der Waals surface area contributed by atoms with Gasteiger partial charge in [-0.3, -0.25) is 19.7 Å². The van der Waals surface area contributed by atoms with Crippen LogP contribution in [-0.4, -0.2) is 29.6 Å². The molecule has 132 valence electrons. The standard InChI is InChI=1S/C19H21NO5/c1-19(17(21)7-8-18(19)22)10-9-15-14-5-4-13(25-2)11-12(14)3-6-16(15)20(23)24/h4-5,9,11,16H,3,6-8,10H2,1-2H3/b15-9-. The van der Waals surface area contributed by atoms with Gasteiger partial charge in [-0.15, -0.1) is 0 Å². The number of fused-ring (bicyclic) bond motifs is 1. The second-order valence-corrected chi connectivity index (χ2v) is 6.90. The van der Waals surface area contributed by atoms with E-state index < -0.39 is 11.5 Å². The Morgan fingerprint density at radius 2 is 1.96 bits per heavy atom. The number of rotatable bonds is 4. The fraction of sp³-hybridized carbons (Fsp3) is 0.474. The van der Waals surface area contributed by atoms with Gasteiger partial charge >= 0.3 is 0 Å². The van der Waals surface area contributed by atoms with E-state index in [1.165, 1.54) is 0 Å². The summed E-state index contributed by atoms with van der Waals surface area (Å²) >= 11 is 0. The Kier molecular flexibility index (Phi) is 4.45. The highest BCUT2D eigenvalue weighted by molar-refractivity contribution is 6.12.